The Morgan fingerprint density at radius 3 is 0.611 bits per heavy atom. The van der Waals surface area contributed by atoms with Gasteiger partial charge >= 0.3 is 331 Å². The Kier molecular flexibility index (Phi) is 9.91. The van der Waals surface area contributed by atoms with E-state index in [9.17, 15) is 0 Å². The van der Waals surface area contributed by atoms with Crippen LogP contribution in [0.25, 0.3) is 11.1 Å². The van der Waals surface area contributed by atoms with Gasteiger partial charge in [-0.15, -0.1) is 0 Å². The molecule has 0 nitrogen and oxygen atoms in total. The van der Waals surface area contributed by atoms with E-state index in [1.165, 1.54) is 43.0 Å². The maximum atomic E-state index is 8.40. The van der Waals surface area contributed by atoms with Crippen molar-refractivity contribution in [1.29, 1.82) is 0 Å². The van der Waals surface area contributed by atoms with Gasteiger partial charge in [-0.3, -0.25) is 0 Å². The molecule has 0 heterocycles. The van der Waals surface area contributed by atoms with Crippen LogP contribution in [0, 0.1) is 0 Å². The summed E-state index contributed by atoms with van der Waals surface area (Å²) in [6.07, 6.45) is 1.40. The molecule has 4 heteroatoms. The van der Waals surface area contributed by atoms with Crippen LogP contribution in [0.4, 0.5) is 0 Å². The molecule has 0 amide bonds. The molecule has 8 rings (SSSR count). The topological polar surface area (TPSA) is 0 Å². The van der Waals surface area contributed by atoms with Crippen LogP contribution in [0.3, 0.4) is 0 Å². The van der Waals surface area contributed by atoms with E-state index in [-0.39, 0.29) is 0 Å². The Morgan fingerprint density at radius 1 is 0.241 bits per heavy atom. The Labute approximate surface area is 329 Å². The van der Waals surface area contributed by atoms with Crippen molar-refractivity contribution in [2.75, 3.05) is 0 Å². The molecular formula is C50H42Cl2P2. The van der Waals surface area contributed by atoms with Crippen molar-refractivity contribution in [2.45, 2.75) is 12.3 Å². The second-order valence-electron chi connectivity index (χ2n) is 14.1. The first-order chi connectivity index (χ1) is 26.4. The van der Waals surface area contributed by atoms with Gasteiger partial charge in [-0.1, -0.05) is 0 Å². The monoisotopic (exact) mass is 774 g/mol. The fourth-order valence-corrected chi connectivity index (χ4v) is 20.5. The van der Waals surface area contributed by atoms with Gasteiger partial charge in [0, 0.05) is 0 Å². The first-order valence-corrected chi connectivity index (χ1v) is 25.0. The fraction of sp³-hybridized carbons (Fsp3) is 0.0400. The van der Waals surface area contributed by atoms with Gasteiger partial charge in [0.15, 0.2) is 0 Å². The number of hydrogen-bond donors (Lipinski definition) is 0. The van der Waals surface area contributed by atoms with E-state index in [0.717, 1.165) is 11.1 Å². The third-order valence-electron chi connectivity index (χ3n) is 11.0. The van der Waals surface area contributed by atoms with E-state index < -0.39 is 11.9 Å². The van der Waals surface area contributed by atoms with Crippen molar-refractivity contribution in [3.8, 4) is 11.1 Å². The minimum absolute atomic E-state index is 0.700. The van der Waals surface area contributed by atoms with Crippen molar-refractivity contribution >= 4 is 66.2 Å². The minimum atomic E-state index is -3.44. The molecule has 8 aromatic rings. The van der Waals surface area contributed by atoms with E-state index in [1.54, 1.807) is 0 Å². The Hall–Kier alpha value is -4.80. The van der Waals surface area contributed by atoms with E-state index in [1.807, 2.05) is 0 Å². The zero-order valence-corrected chi connectivity index (χ0v) is 33.3. The molecule has 0 aliphatic heterocycles. The molecule has 0 radical (unpaired) electrons. The van der Waals surface area contributed by atoms with Gasteiger partial charge < -0.3 is 0 Å². The van der Waals surface area contributed by atoms with E-state index in [0.29, 0.717) is 12.3 Å². The van der Waals surface area contributed by atoms with Crippen LogP contribution in [-0.2, 0) is 12.3 Å². The van der Waals surface area contributed by atoms with E-state index in [4.69, 9.17) is 22.5 Å². The fourth-order valence-electron chi connectivity index (χ4n) is 8.17. The Balaban J connectivity index is 1.16. The molecule has 0 saturated carbocycles. The standard InChI is InChI=1S/C50H42Cl2P2/c51-53(45-19-7-1-8-20-45,46-21-9-2-10-22-46,47-23-11-3-12-24-47)39-41-31-35-43(36-32-41)44-37-33-42(34-38-44)40-54(52,48-25-13-4-14-26-48,49-27-15-5-16-28-49)50-29-17-6-18-30-50/h1-38H,39-40H2. The summed E-state index contributed by atoms with van der Waals surface area (Å²) >= 11 is 16.8. The molecule has 0 aliphatic rings. The number of benzene rings is 8. The molecule has 0 aromatic heterocycles. The molecule has 266 valence electrons. The second-order valence-corrected chi connectivity index (χ2v) is 27.0. The van der Waals surface area contributed by atoms with Gasteiger partial charge in [0.1, 0.15) is 0 Å². The van der Waals surface area contributed by atoms with Crippen molar-refractivity contribution in [2.24, 2.45) is 0 Å². The molecule has 0 spiro atoms. The van der Waals surface area contributed by atoms with Crippen molar-refractivity contribution in [3.63, 3.8) is 0 Å². The Bertz CT molecular complexity index is 2060. The predicted octanol–water partition coefficient (Wildman–Crippen LogP) is 11.7. The summed E-state index contributed by atoms with van der Waals surface area (Å²) < 4.78 is 0. The number of hydrogen-bond acceptors (Lipinski definition) is 0. The summed E-state index contributed by atoms with van der Waals surface area (Å²) in [5.41, 5.74) is 4.73. The summed E-state index contributed by atoms with van der Waals surface area (Å²) in [7, 11) is 0. The van der Waals surface area contributed by atoms with Crippen LogP contribution < -0.4 is 31.8 Å². The van der Waals surface area contributed by atoms with Crippen LogP contribution in [0.5, 0.6) is 0 Å². The molecule has 0 unspecified atom stereocenters. The molecule has 0 saturated heterocycles. The average molecular weight is 776 g/mol. The van der Waals surface area contributed by atoms with Crippen LogP contribution >= 0.6 is 34.4 Å². The molecular weight excluding hydrogens is 733 g/mol. The van der Waals surface area contributed by atoms with Crippen LogP contribution in [-0.4, -0.2) is 0 Å². The Morgan fingerprint density at radius 2 is 0.426 bits per heavy atom. The van der Waals surface area contributed by atoms with Gasteiger partial charge in [0.25, 0.3) is 0 Å². The summed E-state index contributed by atoms with van der Waals surface area (Å²) in [5.74, 6) is -6.89. The summed E-state index contributed by atoms with van der Waals surface area (Å²) in [6, 6.07) is 82.1. The average Bonchev–Trinajstić information content (AvgIpc) is 3.26. The van der Waals surface area contributed by atoms with E-state index in [2.05, 4.69) is 231 Å². The zero-order valence-electron chi connectivity index (χ0n) is 30.0. The second kappa shape index (κ2) is 14.8. The number of halogens is 2. The van der Waals surface area contributed by atoms with Crippen molar-refractivity contribution in [3.05, 3.63) is 242 Å². The van der Waals surface area contributed by atoms with Gasteiger partial charge in [0.05, 0.1) is 0 Å². The van der Waals surface area contributed by atoms with Crippen LogP contribution in [0.1, 0.15) is 11.1 Å². The van der Waals surface area contributed by atoms with Gasteiger partial charge in [-0.25, -0.2) is 0 Å². The first-order valence-electron chi connectivity index (χ1n) is 18.4. The maximum absolute atomic E-state index is 8.40. The third kappa shape index (κ3) is 6.23. The van der Waals surface area contributed by atoms with Gasteiger partial charge in [0.2, 0.25) is 0 Å². The van der Waals surface area contributed by atoms with E-state index >= 15 is 0 Å². The molecule has 0 bridgehead atoms. The predicted molar refractivity (Wildman–Crippen MR) is 241 cm³/mol. The molecule has 54 heavy (non-hydrogen) atoms. The van der Waals surface area contributed by atoms with Crippen LogP contribution in [0.2, 0.25) is 0 Å². The summed E-state index contributed by atoms with van der Waals surface area (Å²) in [4.78, 5) is 0. The zero-order chi connectivity index (χ0) is 37.0. The normalized spacial score (nSPS) is 13.2. The first kappa shape index (κ1) is 36.2. The summed E-state index contributed by atoms with van der Waals surface area (Å²) in [6.45, 7) is 0. The third-order valence-corrected chi connectivity index (χ3v) is 25.4. The van der Waals surface area contributed by atoms with Crippen LogP contribution in [0.15, 0.2) is 231 Å². The summed E-state index contributed by atoms with van der Waals surface area (Å²) in [5, 5.41) is 7.00. The van der Waals surface area contributed by atoms with Crippen molar-refractivity contribution < 1.29 is 0 Å². The molecule has 0 fully saturated rings. The number of rotatable bonds is 11. The van der Waals surface area contributed by atoms with Gasteiger partial charge in [-0.2, -0.15) is 0 Å². The molecule has 0 atom stereocenters. The molecule has 0 N–H and O–H groups in total. The quantitative estimate of drug-likeness (QED) is 0.115. The SMILES string of the molecule is ClP(Cc1ccc(-c2ccc(CP(Cl)(c3ccccc3)(c3ccccc3)c3ccccc3)cc2)cc1)(c1ccccc1)(c1ccccc1)c1ccccc1. The molecule has 0 aliphatic carbocycles. The molecule has 8 aromatic carbocycles. The van der Waals surface area contributed by atoms with Gasteiger partial charge in [-0.05, 0) is 0 Å². The van der Waals surface area contributed by atoms with Crippen molar-refractivity contribution in [1.82, 2.24) is 0 Å².